The maximum Gasteiger partial charge on any atom is 0.416 e. The fourth-order valence-electron chi connectivity index (χ4n) is 1.61. The topological polar surface area (TPSA) is 37.3 Å². The fraction of sp³-hybridized carbons (Fsp3) is 0.0714. The largest absolute Gasteiger partial charge is 0.478 e. The second kappa shape index (κ2) is 6.11. The number of carbonyl (C=O) groups is 1. The van der Waals surface area contributed by atoms with Gasteiger partial charge in [0.2, 0.25) is 0 Å². The molecule has 110 valence electrons. The molecule has 7 heteroatoms. The van der Waals surface area contributed by atoms with Crippen molar-refractivity contribution in [2.24, 2.45) is 0 Å². The number of halogens is 4. The van der Waals surface area contributed by atoms with Gasteiger partial charge < -0.3 is 5.11 Å². The van der Waals surface area contributed by atoms with Crippen molar-refractivity contribution in [3.05, 3.63) is 58.1 Å². The van der Waals surface area contributed by atoms with E-state index in [1.165, 1.54) is 12.1 Å². The Bertz CT molecular complexity index is 686. The molecule has 21 heavy (non-hydrogen) atoms. The molecule has 0 atom stereocenters. The number of alkyl halides is 3. The van der Waals surface area contributed by atoms with Crippen LogP contribution in [-0.4, -0.2) is 11.1 Å². The van der Waals surface area contributed by atoms with Crippen LogP contribution in [0.15, 0.2) is 56.7 Å². The van der Waals surface area contributed by atoms with E-state index in [0.29, 0.717) is 9.79 Å². The van der Waals surface area contributed by atoms with Gasteiger partial charge in [0.15, 0.2) is 0 Å². The first-order valence-corrected chi connectivity index (χ1v) is 7.27. The van der Waals surface area contributed by atoms with Crippen molar-refractivity contribution < 1.29 is 23.1 Å². The van der Waals surface area contributed by atoms with E-state index < -0.39 is 17.7 Å². The number of hydrogen-bond acceptors (Lipinski definition) is 2. The molecule has 0 fully saturated rings. The summed E-state index contributed by atoms with van der Waals surface area (Å²) < 4.78 is 38.0. The van der Waals surface area contributed by atoms with E-state index in [0.717, 1.165) is 23.9 Å². The molecule has 0 saturated heterocycles. The standard InChI is InChI=1S/C14H8BrF3O2S/c15-10-7-8(14(16,17)18)5-6-12(10)21-11-4-2-1-3-9(11)13(19)20/h1-7H,(H,19,20). The molecule has 0 heterocycles. The lowest BCUT2D eigenvalue weighted by atomic mass is 10.2. The first-order chi connectivity index (χ1) is 9.79. The molecule has 0 amide bonds. The highest BCUT2D eigenvalue weighted by Crippen LogP contribution is 2.38. The van der Waals surface area contributed by atoms with E-state index in [4.69, 9.17) is 5.11 Å². The quantitative estimate of drug-likeness (QED) is 0.787. The van der Waals surface area contributed by atoms with Crippen molar-refractivity contribution >= 4 is 33.7 Å². The Morgan fingerprint density at radius 1 is 1.10 bits per heavy atom. The van der Waals surface area contributed by atoms with E-state index in [2.05, 4.69) is 15.9 Å². The highest BCUT2D eigenvalue weighted by Gasteiger charge is 2.30. The number of aromatic carboxylic acids is 1. The van der Waals surface area contributed by atoms with Crippen LogP contribution in [-0.2, 0) is 6.18 Å². The summed E-state index contributed by atoms with van der Waals surface area (Å²) in [5.74, 6) is -1.08. The maximum atomic E-state index is 12.6. The average Bonchev–Trinajstić information content (AvgIpc) is 2.40. The van der Waals surface area contributed by atoms with Gasteiger partial charge in [-0.3, -0.25) is 0 Å². The molecule has 0 radical (unpaired) electrons. The molecular formula is C14H8BrF3O2S. The molecule has 0 aliphatic rings. The van der Waals surface area contributed by atoms with Crippen molar-refractivity contribution in [2.75, 3.05) is 0 Å². The first-order valence-electron chi connectivity index (χ1n) is 5.66. The Balaban J connectivity index is 2.35. The lowest BCUT2D eigenvalue weighted by molar-refractivity contribution is -0.137. The van der Waals surface area contributed by atoms with Crippen molar-refractivity contribution in [1.29, 1.82) is 0 Å². The van der Waals surface area contributed by atoms with Crippen LogP contribution in [0.25, 0.3) is 0 Å². The molecule has 1 N–H and O–H groups in total. The van der Waals surface area contributed by atoms with Crippen molar-refractivity contribution in [2.45, 2.75) is 16.0 Å². The molecular weight excluding hydrogens is 369 g/mol. The predicted octanol–water partition coefficient (Wildman–Crippen LogP) is 5.32. The van der Waals surface area contributed by atoms with E-state index in [-0.39, 0.29) is 10.0 Å². The average molecular weight is 377 g/mol. The molecule has 0 aromatic heterocycles. The third kappa shape index (κ3) is 3.79. The van der Waals surface area contributed by atoms with Gasteiger partial charge in [0, 0.05) is 14.3 Å². The minimum absolute atomic E-state index is 0.106. The summed E-state index contributed by atoms with van der Waals surface area (Å²) >= 11 is 4.18. The Morgan fingerprint density at radius 3 is 2.33 bits per heavy atom. The van der Waals surface area contributed by atoms with Crippen molar-refractivity contribution in [3.8, 4) is 0 Å². The number of rotatable bonds is 3. The number of carboxylic acid groups (broad SMARTS) is 1. The normalized spacial score (nSPS) is 11.4. The zero-order chi connectivity index (χ0) is 15.6. The lowest BCUT2D eigenvalue weighted by Gasteiger charge is -2.11. The molecule has 0 saturated carbocycles. The summed E-state index contributed by atoms with van der Waals surface area (Å²) in [6, 6.07) is 9.58. The summed E-state index contributed by atoms with van der Waals surface area (Å²) in [5, 5.41) is 9.09. The Kier molecular flexibility index (Phi) is 4.63. The molecule has 0 bridgehead atoms. The SMILES string of the molecule is O=C(O)c1ccccc1Sc1ccc(C(F)(F)F)cc1Br. The second-order valence-electron chi connectivity index (χ2n) is 4.05. The molecule has 2 aromatic carbocycles. The van der Waals surface area contributed by atoms with E-state index in [1.54, 1.807) is 18.2 Å². The van der Waals surface area contributed by atoms with Crippen LogP contribution in [0, 0.1) is 0 Å². The van der Waals surface area contributed by atoms with Crippen LogP contribution < -0.4 is 0 Å². The molecule has 2 rings (SSSR count). The van der Waals surface area contributed by atoms with Gasteiger partial charge in [-0.05, 0) is 46.3 Å². The number of carboxylic acids is 1. The van der Waals surface area contributed by atoms with Gasteiger partial charge in [-0.25, -0.2) is 4.79 Å². The first kappa shape index (κ1) is 15.9. The van der Waals surface area contributed by atoms with Crippen LogP contribution in [0.3, 0.4) is 0 Å². The Labute approximate surface area is 131 Å². The van der Waals surface area contributed by atoms with Crippen LogP contribution in [0.2, 0.25) is 0 Å². The van der Waals surface area contributed by atoms with Crippen LogP contribution >= 0.6 is 27.7 Å². The van der Waals surface area contributed by atoms with Crippen LogP contribution in [0.1, 0.15) is 15.9 Å². The molecule has 0 aliphatic heterocycles. The van der Waals surface area contributed by atoms with E-state index >= 15 is 0 Å². The molecule has 0 spiro atoms. The van der Waals surface area contributed by atoms with Gasteiger partial charge in [0.05, 0.1) is 11.1 Å². The second-order valence-corrected chi connectivity index (χ2v) is 5.98. The highest BCUT2D eigenvalue weighted by atomic mass is 79.9. The summed E-state index contributed by atoms with van der Waals surface area (Å²) in [7, 11) is 0. The number of benzene rings is 2. The van der Waals surface area contributed by atoms with Gasteiger partial charge in [-0.1, -0.05) is 23.9 Å². The molecule has 0 aliphatic carbocycles. The molecule has 0 unspecified atom stereocenters. The summed E-state index contributed by atoms with van der Waals surface area (Å²) in [4.78, 5) is 12.1. The van der Waals surface area contributed by atoms with Gasteiger partial charge in [0.1, 0.15) is 0 Å². The zero-order valence-corrected chi connectivity index (χ0v) is 12.7. The zero-order valence-electron chi connectivity index (χ0n) is 10.3. The fourth-order valence-corrected chi connectivity index (χ4v) is 3.17. The Hall–Kier alpha value is -1.47. The van der Waals surface area contributed by atoms with Gasteiger partial charge in [-0.15, -0.1) is 0 Å². The summed E-state index contributed by atoms with van der Waals surface area (Å²) in [6.45, 7) is 0. The monoisotopic (exact) mass is 376 g/mol. The smallest absolute Gasteiger partial charge is 0.416 e. The van der Waals surface area contributed by atoms with Crippen LogP contribution in [0.4, 0.5) is 13.2 Å². The lowest BCUT2D eigenvalue weighted by Crippen LogP contribution is -2.04. The minimum atomic E-state index is -4.41. The maximum absolute atomic E-state index is 12.6. The third-order valence-electron chi connectivity index (χ3n) is 2.60. The number of hydrogen-bond donors (Lipinski definition) is 1. The van der Waals surface area contributed by atoms with Gasteiger partial charge >= 0.3 is 12.1 Å². The predicted molar refractivity (Wildman–Crippen MR) is 76.7 cm³/mol. The molecule has 2 aromatic rings. The van der Waals surface area contributed by atoms with E-state index in [9.17, 15) is 18.0 Å². The van der Waals surface area contributed by atoms with Gasteiger partial charge in [-0.2, -0.15) is 13.2 Å². The van der Waals surface area contributed by atoms with Crippen molar-refractivity contribution in [3.63, 3.8) is 0 Å². The van der Waals surface area contributed by atoms with Gasteiger partial charge in [0.25, 0.3) is 0 Å². The van der Waals surface area contributed by atoms with E-state index in [1.807, 2.05) is 0 Å². The van der Waals surface area contributed by atoms with Crippen molar-refractivity contribution in [1.82, 2.24) is 0 Å². The Morgan fingerprint density at radius 2 is 1.76 bits per heavy atom. The minimum Gasteiger partial charge on any atom is -0.478 e. The third-order valence-corrected chi connectivity index (χ3v) is 4.67. The summed E-state index contributed by atoms with van der Waals surface area (Å²) in [6.07, 6.45) is -4.41. The summed E-state index contributed by atoms with van der Waals surface area (Å²) in [5.41, 5.74) is -0.653. The van der Waals surface area contributed by atoms with Crippen LogP contribution in [0.5, 0.6) is 0 Å². The highest BCUT2D eigenvalue weighted by molar-refractivity contribution is 9.10. The molecule has 2 nitrogen and oxygen atoms in total.